The second-order valence-corrected chi connectivity index (χ2v) is 13.8. The van der Waals surface area contributed by atoms with E-state index in [-0.39, 0.29) is 29.3 Å². The molecule has 0 bridgehead atoms. The first-order chi connectivity index (χ1) is 22.8. The van der Waals surface area contributed by atoms with E-state index in [2.05, 4.69) is 11.6 Å². The molecular weight excluding hydrogens is 614 g/mol. The third kappa shape index (κ3) is 9.84. The average molecular weight is 662 g/mol. The van der Waals surface area contributed by atoms with Gasteiger partial charge in [0.1, 0.15) is 0 Å². The van der Waals surface area contributed by atoms with Crippen LogP contribution >= 0.6 is 0 Å². The largest absolute Gasteiger partial charge is 0.465 e. The topological polar surface area (TPSA) is 116 Å². The Morgan fingerprint density at radius 3 is 1.91 bits per heavy atom. The first-order valence-electron chi connectivity index (χ1n) is 17.0. The van der Waals surface area contributed by atoms with Crippen molar-refractivity contribution >= 4 is 27.7 Å². The number of sulfonamides is 1. The third-order valence-corrected chi connectivity index (χ3v) is 9.94. The molecule has 4 rings (SSSR count). The Morgan fingerprint density at radius 2 is 1.28 bits per heavy atom. The van der Waals surface area contributed by atoms with Gasteiger partial charge in [0, 0.05) is 17.5 Å². The number of ether oxygens (including phenoxy) is 2. The molecule has 9 heteroatoms. The maximum atomic E-state index is 13.8. The predicted octanol–water partition coefficient (Wildman–Crippen LogP) is 8.09. The molecule has 1 aliphatic carbocycles. The van der Waals surface area contributed by atoms with E-state index >= 15 is 0 Å². The number of carbonyl (C=O) groups is 3. The van der Waals surface area contributed by atoms with Crippen LogP contribution in [0.1, 0.15) is 118 Å². The van der Waals surface area contributed by atoms with E-state index in [0.717, 1.165) is 24.8 Å². The van der Waals surface area contributed by atoms with Gasteiger partial charge in [-0.15, -0.1) is 0 Å². The zero-order valence-corrected chi connectivity index (χ0v) is 28.4. The molecule has 0 unspecified atom stereocenters. The van der Waals surface area contributed by atoms with Crippen LogP contribution in [-0.2, 0) is 29.1 Å². The van der Waals surface area contributed by atoms with E-state index in [0.29, 0.717) is 23.1 Å². The highest BCUT2D eigenvalue weighted by Gasteiger charge is 2.38. The van der Waals surface area contributed by atoms with Crippen molar-refractivity contribution in [1.82, 2.24) is 4.72 Å². The molecular formula is C38H47NO7S. The molecule has 3 aromatic rings. The first-order valence-corrected chi connectivity index (χ1v) is 18.5. The van der Waals surface area contributed by atoms with Crippen molar-refractivity contribution in [2.24, 2.45) is 0 Å². The molecule has 252 valence electrons. The lowest BCUT2D eigenvalue weighted by Gasteiger charge is -2.27. The monoisotopic (exact) mass is 661 g/mol. The Hall–Kier alpha value is -3.82. The number of nitrogens with one attached hydrogen (secondary N) is 1. The van der Waals surface area contributed by atoms with E-state index in [4.69, 9.17) is 9.47 Å². The summed E-state index contributed by atoms with van der Waals surface area (Å²) in [5.74, 6) is -1.67. The van der Waals surface area contributed by atoms with Crippen molar-refractivity contribution in [2.45, 2.75) is 108 Å². The minimum atomic E-state index is -4.38. The minimum Gasteiger partial charge on any atom is -0.465 e. The Kier molecular flexibility index (Phi) is 13.7. The van der Waals surface area contributed by atoms with Crippen molar-refractivity contribution in [3.63, 3.8) is 0 Å². The van der Waals surface area contributed by atoms with Gasteiger partial charge in [-0.3, -0.25) is 14.4 Å². The van der Waals surface area contributed by atoms with Gasteiger partial charge in [-0.1, -0.05) is 132 Å². The van der Waals surface area contributed by atoms with E-state index in [1.54, 1.807) is 55.5 Å². The summed E-state index contributed by atoms with van der Waals surface area (Å²) in [6.45, 7) is 3.83. The molecule has 0 aromatic heterocycles. The molecule has 0 amide bonds. The van der Waals surface area contributed by atoms with Crippen LogP contribution in [0.25, 0.3) is 11.1 Å². The summed E-state index contributed by atoms with van der Waals surface area (Å²) < 4.78 is 41.1. The lowest BCUT2D eigenvalue weighted by Crippen LogP contribution is -2.47. The van der Waals surface area contributed by atoms with Gasteiger partial charge in [-0.05, 0) is 42.2 Å². The summed E-state index contributed by atoms with van der Waals surface area (Å²) in [5, 5.41) is 0. The first kappa shape index (κ1) is 36.0. The fourth-order valence-corrected chi connectivity index (χ4v) is 7.19. The van der Waals surface area contributed by atoms with Crippen LogP contribution in [0.3, 0.4) is 0 Å². The molecule has 0 heterocycles. The molecule has 3 aromatic carbocycles. The second-order valence-electron chi connectivity index (χ2n) is 12.0. The molecule has 0 aliphatic heterocycles. The van der Waals surface area contributed by atoms with E-state index in [1.165, 1.54) is 57.1 Å². The maximum Gasteiger partial charge on any atom is 0.328 e. The number of esters is 2. The van der Waals surface area contributed by atoms with Gasteiger partial charge in [0.15, 0.2) is 17.9 Å². The normalized spacial score (nSPS) is 13.4. The number of carbonyl (C=O) groups excluding carboxylic acids is 3. The standard InChI is InChI=1S/C38H47NO7S/c1-3-5-6-7-8-9-10-11-12-13-17-24-34(40)46-37(28-20-15-14-16-21-28)35(38(42)45-4-2)39-47(43,44)29-25-26-31-30-22-18-19-23-32(30)36(41)33(31)27-29/h14-16,18-23,25-27,35,37,39H,3-13,17,24H2,1-2H3/t35-,37-/m0/s1. The number of rotatable bonds is 20. The quantitative estimate of drug-likeness (QED) is 0.0752. The molecule has 0 spiro atoms. The van der Waals surface area contributed by atoms with Crippen LogP contribution in [0.15, 0.2) is 77.7 Å². The molecule has 47 heavy (non-hydrogen) atoms. The third-order valence-electron chi connectivity index (χ3n) is 8.50. The van der Waals surface area contributed by atoms with Crippen LogP contribution < -0.4 is 4.72 Å². The smallest absolute Gasteiger partial charge is 0.328 e. The van der Waals surface area contributed by atoms with Gasteiger partial charge in [-0.2, -0.15) is 4.72 Å². The van der Waals surface area contributed by atoms with E-state index < -0.39 is 34.1 Å². The maximum absolute atomic E-state index is 13.8. The number of fused-ring (bicyclic) bond motifs is 3. The predicted molar refractivity (Wildman–Crippen MR) is 182 cm³/mol. The highest BCUT2D eigenvalue weighted by Crippen LogP contribution is 2.37. The fraction of sp³-hybridized carbons (Fsp3) is 0.447. The lowest BCUT2D eigenvalue weighted by atomic mass is 10.0. The minimum absolute atomic E-state index is 0.00311. The molecule has 0 saturated heterocycles. The van der Waals surface area contributed by atoms with Crippen LogP contribution in [0.4, 0.5) is 0 Å². The Morgan fingerprint density at radius 1 is 0.702 bits per heavy atom. The Bertz CT molecular complexity index is 1600. The zero-order valence-electron chi connectivity index (χ0n) is 27.5. The second kappa shape index (κ2) is 17.9. The molecule has 2 atom stereocenters. The van der Waals surface area contributed by atoms with Crippen molar-refractivity contribution in [3.05, 3.63) is 89.5 Å². The number of benzene rings is 3. The number of hydrogen-bond acceptors (Lipinski definition) is 7. The number of ketones is 1. The summed E-state index contributed by atoms with van der Waals surface area (Å²) >= 11 is 0. The van der Waals surface area contributed by atoms with Gasteiger partial charge in [0.05, 0.1) is 11.5 Å². The van der Waals surface area contributed by atoms with Gasteiger partial charge >= 0.3 is 11.9 Å². The Balaban J connectivity index is 1.44. The average Bonchev–Trinajstić information content (AvgIpc) is 3.36. The highest BCUT2D eigenvalue weighted by molar-refractivity contribution is 7.89. The summed E-state index contributed by atoms with van der Waals surface area (Å²) in [5.41, 5.74) is 2.59. The van der Waals surface area contributed by atoms with Gasteiger partial charge in [-0.25, -0.2) is 8.42 Å². The molecule has 8 nitrogen and oxygen atoms in total. The molecule has 1 aliphatic rings. The van der Waals surface area contributed by atoms with Crippen molar-refractivity contribution in [3.8, 4) is 11.1 Å². The summed E-state index contributed by atoms with van der Waals surface area (Å²) in [6, 6.07) is 18.4. The van der Waals surface area contributed by atoms with Crippen LogP contribution in [0.5, 0.6) is 0 Å². The number of unbranched alkanes of at least 4 members (excludes halogenated alkanes) is 10. The SMILES string of the molecule is CCCCCCCCCCCCCC(=O)O[C@@H](c1ccccc1)[C@H](NS(=O)(=O)c1ccc2c(c1)C(=O)c1ccccc1-2)C(=O)OCC. The lowest BCUT2D eigenvalue weighted by molar-refractivity contribution is -0.158. The molecule has 0 saturated carbocycles. The van der Waals surface area contributed by atoms with E-state index in [9.17, 15) is 22.8 Å². The van der Waals surface area contributed by atoms with Gasteiger partial charge in [0.2, 0.25) is 10.0 Å². The fourth-order valence-electron chi connectivity index (χ4n) is 5.98. The van der Waals surface area contributed by atoms with Crippen LogP contribution in [0.2, 0.25) is 0 Å². The number of hydrogen-bond donors (Lipinski definition) is 1. The van der Waals surface area contributed by atoms with Crippen molar-refractivity contribution in [1.29, 1.82) is 0 Å². The van der Waals surface area contributed by atoms with Crippen LogP contribution in [0, 0.1) is 0 Å². The summed E-state index contributed by atoms with van der Waals surface area (Å²) in [7, 11) is -4.38. The van der Waals surface area contributed by atoms with E-state index in [1.807, 2.05) is 12.1 Å². The highest BCUT2D eigenvalue weighted by atomic mass is 32.2. The molecule has 1 N–H and O–H groups in total. The zero-order chi connectivity index (χ0) is 33.6. The Labute approximate surface area is 279 Å². The van der Waals surface area contributed by atoms with Crippen molar-refractivity contribution < 1.29 is 32.3 Å². The van der Waals surface area contributed by atoms with Crippen LogP contribution in [-0.4, -0.2) is 38.8 Å². The molecule has 0 fully saturated rings. The summed E-state index contributed by atoms with van der Waals surface area (Å²) in [4.78, 5) is 39.3. The molecule has 0 radical (unpaired) electrons. The van der Waals surface area contributed by atoms with Gasteiger partial charge in [0.25, 0.3) is 0 Å². The van der Waals surface area contributed by atoms with Crippen molar-refractivity contribution in [2.75, 3.05) is 6.61 Å². The summed E-state index contributed by atoms with van der Waals surface area (Å²) in [6.07, 6.45) is 11.4. The van der Waals surface area contributed by atoms with Gasteiger partial charge < -0.3 is 9.47 Å².